The lowest BCUT2D eigenvalue weighted by Crippen LogP contribution is -2.74. The fourth-order valence-corrected chi connectivity index (χ4v) is 8.31. The highest BCUT2D eigenvalue weighted by Crippen LogP contribution is 2.52. The molecular formula is C37H39N3O8. The molecule has 11 nitrogen and oxygen atoms in total. The Balaban J connectivity index is 1.43. The van der Waals surface area contributed by atoms with Gasteiger partial charge in [-0.05, 0) is 78.4 Å². The number of amides is 1. The van der Waals surface area contributed by atoms with Gasteiger partial charge in [0.05, 0.1) is 24.1 Å². The third kappa shape index (κ3) is 5.08. The molecule has 0 saturated heterocycles. The number of Topliss-reactive ketones (excluding diaryl/α,β-unsaturated/α-hetero) is 5. The van der Waals surface area contributed by atoms with Crippen LogP contribution >= 0.6 is 0 Å². The van der Waals surface area contributed by atoms with E-state index >= 15 is 0 Å². The highest BCUT2D eigenvalue weighted by atomic mass is 16.3. The van der Waals surface area contributed by atoms with E-state index < -0.39 is 64.4 Å². The van der Waals surface area contributed by atoms with Crippen molar-refractivity contribution in [2.75, 3.05) is 20.6 Å². The third-order valence-electron chi connectivity index (χ3n) is 10.4. The number of phenols is 1. The molecule has 2 fully saturated rings. The van der Waals surface area contributed by atoms with Gasteiger partial charge in [-0.3, -0.25) is 33.7 Å². The van der Waals surface area contributed by atoms with Gasteiger partial charge in [-0.2, -0.15) is 0 Å². The maximum atomic E-state index is 14.2. The van der Waals surface area contributed by atoms with Crippen molar-refractivity contribution in [2.45, 2.75) is 50.8 Å². The first kappa shape index (κ1) is 33.3. The molecular weight excluding hydrogens is 614 g/mol. The number of primary amides is 1. The molecule has 0 spiro atoms. The molecule has 0 aliphatic heterocycles. The van der Waals surface area contributed by atoms with Gasteiger partial charge >= 0.3 is 0 Å². The number of hydrogen-bond acceptors (Lipinski definition) is 10. The molecule has 0 aromatic heterocycles. The number of carbonyl (C=O) groups is 6. The highest BCUT2D eigenvalue weighted by Gasteiger charge is 2.69. The van der Waals surface area contributed by atoms with Crippen LogP contribution in [0.3, 0.4) is 0 Å². The minimum Gasteiger partial charge on any atom is -0.507 e. The van der Waals surface area contributed by atoms with Gasteiger partial charge in [0.1, 0.15) is 11.5 Å². The van der Waals surface area contributed by atoms with Crippen LogP contribution in [0.4, 0.5) is 0 Å². The van der Waals surface area contributed by atoms with Crippen molar-refractivity contribution in [1.29, 1.82) is 0 Å². The van der Waals surface area contributed by atoms with Gasteiger partial charge in [0.25, 0.3) is 0 Å². The second kappa shape index (κ2) is 12.5. The minimum atomic E-state index is -2.77. The third-order valence-corrected chi connectivity index (χ3v) is 10.4. The fraction of sp³-hybridized carbons (Fsp3) is 0.405. The summed E-state index contributed by atoms with van der Waals surface area (Å²) in [5.74, 6) is -10.7. The van der Waals surface area contributed by atoms with Crippen molar-refractivity contribution in [3.63, 3.8) is 0 Å². The van der Waals surface area contributed by atoms with Crippen molar-refractivity contribution < 1.29 is 39.0 Å². The van der Waals surface area contributed by atoms with Crippen LogP contribution in [0.5, 0.6) is 5.75 Å². The van der Waals surface area contributed by atoms with E-state index in [1.165, 1.54) is 11.0 Å². The van der Waals surface area contributed by atoms with Crippen LogP contribution in [0, 0.1) is 23.7 Å². The maximum absolute atomic E-state index is 14.2. The Morgan fingerprint density at radius 3 is 2.33 bits per heavy atom. The molecule has 3 aromatic carbocycles. The van der Waals surface area contributed by atoms with Gasteiger partial charge in [-0.15, -0.1) is 0 Å². The summed E-state index contributed by atoms with van der Waals surface area (Å²) in [5, 5.41) is 27.9. The van der Waals surface area contributed by atoms with Crippen LogP contribution in [-0.2, 0) is 36.9 Å². The predicted octanol–water partition coefficient (Wildman–Crippen LogP) is 2.15. The zero-order chi connectivity index (χ0) is 34.7. The summed E-state index contributed by atoms with van der Waals surface area (Å²) < 4.78 is 0. The molecule has 2 unspecified atom stereocenters. The summed E-state index contributed by atoms with van der Waals surface area (Å²) >= 11 is 0. The zero-order valence-electron chi connectivity index (χ0n) is 27.1. The number of ketones is 5. The van der Waals surface area contributed by atoms with E-state index in [9.17, 15) is 39.0 Å². The Morgan fingerprint density at radius 1 is 0.979 bits per heavy atom. The average Bonchev–Trinajstić information content (AvgIpc) is 3.03. The Hall–Kier alpha value is -4.58. The Morgan fingerprint density at radius 2 is 1.67 bits per heavy atom. The lowest BCUT2D eigenvalue weighted by Gasteiger charge is -2.52. The molecule has 1 amide bonds. The second-order valence-electron chi connectivity index (χ2n) is 13.5. The van der Waals surface area contributed by atoms with Crippen molar-refractivity contribution in [3.05, 3.63) is 65.2 Å². The number of hydrogen-bond donors (Lipinski definition) is 4. The smallest absolute Gasteiger partial charge is 0.235 e. The van der Waals surface area contributed by atoms with E-state index in [0.717, 1.165) is 28.3 Å². The number of aromatic hydroxyl groups is 1. The molecule has 0 radical (unpaired) electrons. The van der Waals surface area contributed by atoms with Gasteiger partial charge < -0.3 is 21.3 Å². The number of benzene rings is 3. The standard InChI is InChI=1S/C37H39N3O8/c1-4-7-20(41)17-39-16-18-10-11-23(22-9-6-5-8-21(18)22)24-12-13-27(42)29-25(24)14-19-15-26-31(40(2)3)33(44)30(36(38)47)35(46)37(26,48)34(45)28(19)32(29)43/h5-6,8-13,19,26,28,30-31,39,42,48H,4,7,14-17H2,1-3H3,(H2,38,47)/t19-,26-,28?,30?,31-,37-/m0/s1. The molecule has 0 bridgehead atoms. The van der Waals surface area contributed by atoms with E-state index in [2.05, 4.69) is 5.32 Å². The lowest BCUT2D eigenvalue weighted by atomic mass is 9.52. The topological polar surface area (TPSA) is 184 Å². The molecule has 6 atom stereocenters. The molecule has 11 heteroatoms. The van der Waals surface area contributed by atoms with Crippen LogP contribution in [0.25, 0.3) is 21.9 Å². The zero-order valence-corrected chi connectivity index (χ0v) is 27.1. The van der Waals surface area contributed by atoms with Crippen LogP contribution in [0.15, 0.2) is 48.5 Å². The molecule has 3 aliphatic carbocycles. The molecule has 48 heavy (non-hydrogen) atoms. The highest BCUT2D eigenvalue weighted by molar-refractivity contribution is 6.32. The number of aliphatic hydroxyl groups is 1. The Kier molecular flexibility index (Phi) is 8.65. The molecule has 5 N–H and O–H groups in total. The summed E-state index contributed by atoms with van der Waals surface area (Å²) in [4.78, 5) is 81.1. The SMILES string of the molecule is CCCC(=O)CNCc1ccc(-c2ccc(O)c3c2C[C@H]2C[C@H]4[C@H](N(C)C)C(=O)C(C(N)=O)C(=O)[C@@]4(O)C(=O)C2C3=O)c2ccccc12. The summed E-state index contributed by atoms with van der Waals surface area (Å²) in [6.45, 7) is 2.70. The molecule has 6 rings (SSSR count). The Bertz CT molecular complexity index is 1900. The summed E-state index contributed by atoms with van der Waals surface area (Å²) in [7, 11) is 3.11. The van der Waals surface area contributed by atoms with Crippen molar-refractivity contribution in [2.24, 2.45) is 29.4 Å². The van der Waals surface area contributed by atoms with Gasteiger partial charge in [0.2, 0.25) is 5.91 Å². The van der Waals surface area contributed by atoms with Gasteiger partial charge in [0.15, 0.2) is 34.7 Å². The van der Waals surface area contributed by atoms with Crippen LogP contribution in [0.1, 0.15) is 47.7 Å². The summed E-state index contributed by atoms with van der Waals surface area (Å²) in [6, 6.07) is 13.6. The predicted molar refractivity (Wildman–Crippen MR) is 176 cm³/mol. The quantitative estimate of drug-likeness (QED) is 0.250. The molecule has 250 valence electrons. The average molecular weight is 654 g/mol. The van der Waals surface area contributed by atoms with Gasteiger partial charge in [-0.25, -0.2) is 0 Å². The number of carbonyl (C=O) groups excluding carboxylic acids is 6. The van der Waals surface area contributed by atoms with Crippen LogP contribution in [0.2, 0.25) is 0 Å². The van der Waals surface area contributed by atoms with E-state index in [4.69, 9.17) is 5.73 Å². The van der Waals surface area contributed by atoms with E-state index in [1.54, 1.807) is 20.2 Å². The summed E-state index contributed by atoms with van der Waals surface area (Å²) in [5.41, 5.74) is 5.58. The fourth-order valence-electron chi connectivity index (χ4n) is 8.31. The monoisotopic (exact) mass is 653 g/mol. The normalized spacial score (nSPS) is 26.7. The van der Waals surface area contributed by atoms with Crippen molar-refractivity contribution in [3.8, 4) is 16.9 Å². The first-order valence-corrected chi connectivity index (χ1v) is 16.3. The van der Waals surface area contributed by atoms with E-state index in [0.29, 0.717) is 24.1 Å². The maximum Gasteiger partial charge on any atom is 0.235 e. The molecule has 3 aliphatic rings. The lowest BCUT2D eigenvalue weighted by molar-refractivity contribution is -0.181. The molecule has 3 aromatic rings. The van der Waals surface area contributed by atoms with Crippen molar-refractivity contribution in [1.82, 2.24) is 10.2 Å². The van der Waals surface area contributed by atoms with Crippen molar-refractivity contribution >= 4 is 45.6 Å². The van der Waals surface area contributed by atoms with Crippen LogP contribution < -0.4 is 11.1 Å². The summed E-state index contributed by atoms with van der Waals surface area (Å²) in [6.07, 6.45) is 1.44. The first-order chi connectivity index (χ1) is 22.8. The Labute approximate surface area is 277 Å². The van der Waals surface area contributed by atoms with E-state index in [-0.39, 0.29) is 36.5 Å². The number of nitrogens with zero attached hydrogens (tertiary/aromatic N) is 1. The van der Waals surface area contributed by atoms with E-state index in [1.807, 2.05) is 43.3 Å². The van der Waals surface area contributed by atoms with Crippen LogP contribution in [-0.4, -0.2) is 82.2 Å². The van der Waals surface area contributed by atoms with Gasteiger partial charge in [0, 0.05) is 18.9 Å². The second-order valence-corrected chi connectivity index (χ2v) is 13.5. The number of nitrogens with two attached hydrogens (primary N) is 1. The largest absolute Gasteiger partial charge is 0.507 e. The molecule has 0 heterocycles. The number of likely N-dealkylation sites (N-methyl/N-ethyl adjacent to an activating group) is 1. The molecule has 2 saturated carbocycles. The number of phenolic OH excluding ortho intramolecular Hbond substituents is 1. The van der Waals surface area contributed by atoms with Gasteiger partial charge in [-0.1, -0.05) is 49.4 Å². The first-order valence-electron chi connectivity index (χ1n) is 16.3. The number of nitrogens with one attached hydrogen (secondary N) is 1. The minimum absolute atomic E-state index is 0.0267. The number of fused-ring (bicyclic) bond motifs is 4. The number of rotatable bonds is 9.